The largest absolute Gasteiger partial charge is 0.417 e. The van der Waals surface area contributed by atoms with Crippen LogP contribution in [0.1, 0.15) is 12.5 Å². The number of carbonyl (C=O) groups excluding carboxylic acids is 1. The highest BCUT2D eigenvalue weighted by Gasteiger charge is 2.36. The number of alkyl halides is 3. The van der Waals surface area contributed by atoms with Gasteiger partial charge in [-0.15, -0.1) is 0 Å². The summed E-state index contributed by atoms with van der Waals surface area (Å²) in [4.78, 5) is 15.6. The molecular formula is C18H23ClF3N3O4S. The molecule has 1 amide bonds. The number of hydrogen-bond acceptors (Lipinski definition) is 5. The minimum absolute atomic E-state index is 0.0225. The first kappa shape index (κ1) is 23.3. The van der Waals surface area contributed by atoms with Crippen LogP contribution in [0.25, 0.3) is 0 Å². The number of amides is 1. The van der Waals surface area contributed by atoms with Crippen molar-refractivity contribution in [3.63, 3.8) is 0 Å². The normalized spacial score (nSPS) is 22.3. The molecule has 2 fully saturated rings. The number of hydrogen-bond donors (Lipinski definition) is 0. The van der Waals surface area contributed by atoms with Crippen molar-refractivity contribution in [1.29, 1.82) is 0 Å². The fraction of sp³-hybridized carbons (Fsp3) is 0.611. The van der Waals surface area contributed by atoms with Crippen molar-refractivity contribution in [3.05, 3.63) is 28.8 Å². The van der Waals surface area contributed by atoms with Gasteiger partial charge in [-0.2, -0.15) is 17.5 Å². The maximum absolute atomic E-state index is 13.1. The van der Waals surface area contributed by atoms with E-state index in [0.717, 1.165) is 16.4 Å². The van der Waals surface area contributed by atoms with Gasteiger partial charge in [0, 0.05) is 39.3 Å². The lowest BCUT2D eigenvalue weighted by atomic mass is 10.2. The number of halogens is 4. The van der Waals surface area contributed by atoms with Crippen LogP contribution in [0.5, 0.6) is 0 Å². The third-order valence-electron chi connectivity index (χ3n) is 5.16. The fourth-order valence-electron chi connectivity index (χ4n) is 3.50. The first-order chi connectivity index (χ1) is 14.0. The third kappa shape index (κ3) is 5.25. The highest BCUT2D eigenvalue weighted by atomic mass is 35.5. The van der Waals surface area contributed by atoms with E-state index in [1.807, 2.05) is 11.8 Å². The lowest BCUT2D eigenvalue weighted by molar-refractivity contribution is -0.139. The van der Waals surface area contributed by atoms with Gasteiger partial charge in [0.05, 0.1) is 34.7 Å². The molecule has 3 rings (SSSR count). The number of ether oxygens (including phenoxy) is 1. The second kappa shape index (κ2) is 8.99. The lowest BCUT2D eigenvalue weighted by Gasteiger charge is -2.36. The molecule has 0 aliphatic carbocycles. The van der Waals surface area contributed by atoms with Gasteiger partial charge in [-0.3, -0.25) is 9.69 Å². The summed E-state index contributed by atoms with van der Waals surface area (Å²) < 4.78 is 71.3. The van der Waals surface area contributed by atoms with Crippen LogP contribution in [0.4, 0.5) is 13.2 Å². The molecule has 0 aromatic heterocycles. The van der Waals surface area contributed by atoms with E-state index in [1.54, 1.807) is 4.90 Å². The van der Waals surface area contributed by atoms with Crippen LogP contribution in [0.15, 0.2) is 23.1 Å². The van der Waals surface area contributed by atoms with E-state index >= 15 is 0 Å². The zero-order valence-electron chi connectivity index (χ0n) is 16.4. The molecule has 2 heterocycles. The van der Waals surface area contributed by atoms with Crippen LogP contribution >= 0.6 is 11.6 Å². The fourth-order valence-corrected chi connectivity index (χ4v) is 5.17. The van der Waals surface area contributed by atoms with E-state index in [-0.39, 0.29) is 31.6 Å². The molecule has 0 radical (unpaired) electrons. The zero-order valence-corrected chi connectivity index (χ0v) is 17.9. The number of rotatable bonds is 4. The number of sulfonamides is 1. The summed E-state index contributed by atoms with van der Waals surface area (Å²) >= 11 is 5.58. The average Bonchev–Trinajstić information content (AvgIpc) is 2.67. The Hall–Kier alpha value is -1.40. The van der Waals surface area contributed by atoms with Crippen molar-refractivity contribution in [1.82, 2.24) is 14.1 Å². The van der Waals surface area contributed by atoms with Gasteiger partial charge in [0.25, 0.3) is 0 Å². The van der Waals surface area contributed by atoms with Crippen molar-refractivity contribution >= 4 is 27.5 Å². The molecule has 12 heteroatoms. The SMILES string of the molecule is C[C@H]1CN(C(=O)CN2CCN(S(=O)(=O)c3ccc(Cl)c(C(F)(F)F)c3)CC2)CCO1. The minimum Gasteiger partial charge on any atom is -0.375 e. The van der Waals surface area contributed by atoms with E-state index in [2.05, 4.69) is 0 Å². The molecule has 0 unspecified atom stereocenters. The molecule has 1 atom stereocenters. The molecule has 7 nitrogen and oxygen atoms in total. The van der Waals surface area contributed by atoms with Crippen molar-refractivity contribution in [2.24, 2.45) is 0 Å². The Bertz CT molecular complexity index is 889. The van der Waals surface area contributed by atoms with Gasteiger partial charge >= 0.3 is 6.18 Å². The van der Waals surface area contributed by atoms with Crippen LogP contribution in [0.2, 0.25) is 5.02 Å². The van der Waals surface area contributed by atoms with Crippen molar-refractivity contribution in [2.75, 3.05) is 52.4 Å². The Labute approximate surface area is 178 Å². The summed E-state index contributed by atoms with van der Waals surface area (Å²) in [5.74, 6) is -0.0472. The Kier molecular flexibility index (Phi) is 6.97. The molecule has 0 spiro atoms. The topological polar surface area (TPSA) is 70.2 Å². The quantitative estimate of drug-likeness (QED) is 0.674. The minimum atomic E-state index is -4.75. The number of morpholine rings is 1. The highest BCUT2D eigenvalue weighted by molar-refractivity contribution is 7.89. The van der Waals surface area contributed by atoms with Crippen LogP contribution in [0, 0.1) is 0 Å². The Balaban J connectivity index is 1.62. The average molecular weight is 470 g/mol. The predicted octanol–water partition coefficient (Wildman–Crippen LogP) is 1.91. The van der Waals surface area contributed by atoms with Crippen LogP contribution in [-0.2, 0) is 25.7 Å². The van der Waals surface area contributed by atoms with Crippen molar-refractivity contribution in [3.8, 4) is 0 Å². The number of benzene rings is 1. The second-order valence-electron chi connectivity index (χ2n) is 7.34. The molecule has 0 bridgehead atoms. The molecule has 2 saturated heterocycles. The van der Waals surface area contributed by atoms with E-state index < -0.39 is 31.7 Å². The van der Waals surface area contributed by atoms with Gasteiger partial charge in [0.15, 0.2) is 0 Å². The molecule has 1 aromatic rings. The maximum Gasteiger partial charge on any atom is 0.417 e. The molecule has 2 aliphatic rings. The van der Waals surface area contributed by atoms with Gasteiger partial charge in [-0.05, 0) is 25.1 Å². The zero-order chi connectivity index (χ0) is 22.1. The summed E-state index contributed by atoms with van der Waals surface area (Å²) in [6, 6.07) is 2.57. The van der Waals surface area contributed by atoms with Gasteiger partial charge in [-0.25, -0.2) is 8.42 Å². The van der Waals surface area contributed by atoms with Crippen LogP contribution in [0.3, 0.4) is 0 Å². The van der Waals surface area contributed by atoms with Crippen molar-refractivity contribution in [2.45, 2.75) is 24.1 Å². The van der Waals surface area contributed by atoms with Crippen LogP contribution < -0.4 is 0 Å². The standard InChI is InChI=1S/C18H23ClF3N3O4S/c1-13-11-24(8-9-29-13)17(26)12-23-4-6-25(7-5-23)30(27,28)14-2-3-16(19)15(10-14)18(20,21)22/h2-3,10,13H,4-9,11-12H2,1H3/t13-/m0/s1. The second-order valence-corrected chi connectivity index (χ2v) is 9.69. The molecule has 1 aromatic carbocycles. The number of nitrogens with zero attached hydrogens (tertiary/aromatic N) is 3. The molecule has 30 heavy (non-hydrogen) atoms. The molecule has 2 aliphatic heterocycles. The molecule has 0 N–H and O–H groups in total. The monoisotopic (exact) mass is 469 g/mol. The Morgan fingerprint density at radius 3 is 2.47 bits per heavy atom. The van der Waals surface area contributed by atoms with Gasteiger partial charge in [0.1, 0.15) is 0 Å². The van der Waals surface area contributed by atoms with Gasteiger partial charge in [-0.1, -0.05) is 11.6 Å². The molecular weight excluding hydrogens is 447 g/mol. The summed E-state index contributed by atoms with van der Waals surface area (Å²) in [5.41, 5.74) is -1.19. The summed E-state index contributed by atoms with van der Waals surface area (Å²) in [6.45, 7) is 4.37. The predicted molar refractivity (Wildman–Crippen MR) is 104 cm³/mol. The van der Waals surface area contributed by atoms with Gasteiger partial charge < -0.3 is 9.64 Å². The third-order valence-corrected chi connectivity index (χ3v) is 7.39. The Morgan fingerprint density at radius 1 is 1.20 bits per heavy atom. The van der Waals surface area contributed by atoms with Crippen molar-refractivity contribution < 1.29 is 31.1 Å². The van der Waals surface area contributed by atoms with E-state index in [0.29, 0.717) is 38.9 Å². The highest BCUT2D eigenvalue weighted by Crippen LogP contribution is 2.36. The maximum atomic E-state index is 13.1. The van der Waals surface area contributed by atoms with E-state index in [9.17, 15) is 26.4 Å². The number of piperazine rings is 1. The van der Waals surface area contributed by atoms with Crippen LogP contribution in [-0.4, -0.2) is 87.0 Å². The first-order valence-corrected chi connectivity index (χ1v) is 11.3. The number of carbonyl (C=O) groups is 1. The summed E-state index contributed by atoms with van der Waals surface area (Å²) in [5, 5.41) is -0.554. The summed E-state index contributed by atoms with van der Waals surface area (Å²) in [6.07, 6.45) is -4.77. The lowest BCUT2D eigenvalue weighted by Crippen LogP contribution is -2.53. The summed E-state index contributed by atoms with van der Waals surface area (Å²) in [7, 11) is -4.11. The first-order valence-electron chi connectivity index (χ1n) is 9.47. The smallest absolute Gasteiger partial charge is 0.375 e. The molecule has 0 saturated carbocycles. The van der Waals surface area contributed by atoms with E-state index in [1.165, 1.54) is 0 Å². The van der Waals surface area contributed by atoms with E-state index in [4.69, 9.17) is 16.3 Å². The molecule has 168 valence electrons. The Morgan fingerprint density at radius 2 is 1.87 bits per heavy atom. The van der Waals surface area contributed by atoms with Gasteiger partial charge in [0.2, 0.25) is 15.9 Å².